The van der Waals surface area contributed by atoms with E-state index >= 15 is 0 Å². The number of aliphatic hydroxyl groups is 1. The highest BCUT2D eigenvalue weighted by atomic mass is 16.3. The van der Waals surface area contributed by atoms with Crippen molar-refractivity contribution in [3.05, 3.63) is 29.8 Å². The van der Waals surface area contributed by atoms with Gasteiger partial charge in [0.2, 0.25) is 0 Å². The molecule has 0 aromatic heterocycles. The molecule has 0 bridgehead atoms. The third-order valence-electron chi connectivity index (χ3n) is 4.29. The molecule has 1 aromatic carbocycles. The molecule has 2 N–H and O–H groups in total. The summed E-state index contributed by atoms with van der Waals surface area (Å²) in [5, 5.41) is 12.7. The lowest BCUT2D eigenvalue weighted by Crippen LogP contribution is -2.27. The molecule has 0 radical (unpaired) electrons. The zero-order valence-electron chi connectivity index (χ0n) is 12.3. The van der Waals surface area contributed by atoms with Crippen molar-refractivity contribution in [1.29, 1.82) is 0 Å². The lowest BCUT2D eigenvalue weighted by molar-refractivity contribution is 0.243. The van der Waals surface area contributed by atoms with Crippen molar-refractivity contribution in [2.75, 3.05) is 32.1 Å². The first kappa shape index (κ1) is 14.4. The minimum Gasteiger partial charge on any atom is -0.396 e. The lowest BCUT2D eigenvalue weighted by Gasteiger charge is -2.20. The van der Waals surface area contributed by atoms with E-state index in [0.29, 0.717) is 18.1 Å². The zero-order chi connectivity index (χ0) is 13.9. The highest BCUT2D eigenvalue weighted by Crippen LogP contribution is 2.48. The van der Waals surface area contributed by atoms with Gasteiger partial charge in [-0.15, -0.1) is 0 Å². The minimum absolute atomic E-state index is 0.313. The van der Waals surface area contributed by atoms with Crippen LogP contribution in [-0.4, -0.2) is 32.4 Å². The quantitative estimate of drug-likeness (QED) is 0.793. The maximum absolute atomic E-state index is 9.07. The highest BCUT2D eigenvalue weighted by molar-refractivity contribution is 5.46. The molecule has 2 rings (SSSR count). The largest absolute Gasteiger partial charge is 0.396 e. The number of aliphatic hydroxyl groups excluding tert-OH is 1. The second-order valence-corrected chi connectivity index (χ2v) is 6.06. The molecule has 19 heavy (non-hydrogen) atoms. The van der Waals surface area contributed by atoms with E-state index in [2.05, 4.69) is 55.5 Å². The number of anilines is 1. The van der Waals surface area contributed by atoms with Crippen LogP contribution in [0.3, 0.4) is 0 Å². The molecule has 1 saturated carbocycles. The molecule has 106 valence electrons. The van der Waals surface area contributed by atoms with Crippen LogP contribution in [-0.2, 0) is 0 Å². The summed E-state index contributed by atoms with van der Waals surface area (Å²) in [6, 6.07) is 9.08. The monoisotopic (exact) mass is 262 g/mol. The van der Waals surface area contributed by atoms with Gasteiger partial charge in [-0.3, -0.25) is 0 Å². The molecular weight excluding hydrogens is 236 g/mol. The third-order valence-corrected chi connectivity index (χ3v) is 4.29. The van der Waals surface area contributed by atoms with Gasteiger partial charge in [0.05, 0.1) is 0 Å². The number of hydrogen-bond acceptors (Lipinski definition) is 3. The van der Waals surface area contributed by atoms with Gasteiger partial charge >= 0.3 is 0 Å². The second kappa shape index (κ2) is 5.93. The topological polar surface area (TPSA) is 35.5 Å². The number of rotatable bonds is 7. The third kappa shape index (κ3) is 3.71. The predicted octanol–water partition coefficient (Wildman–Crippen LogP) is 2.57. The van der Waals surface area contributed by atoms with Gasteiger partial charge in [-0.2, -0.15) is 0 Å². The van der Waals surface area contributed by atoms with Crippen LogP contribution in [0.15, 0.2) is 24.3 Å². The second-order valence-electron chi connectivity index (χ2n) is 6.06. The van der Waals surface area contributed by atoms with Crippen LogP contribution >= 0.6 is 0 Å². The molecule has 0 amide bonds. The van der Waals surface area contributed by atoms with Crippen LogP contribution in [0.5, 0.6) is 0 Å². The van der Waals surface area contributed by atoms with Gasteiger partial charge in [-0.1, -0.05) is 12.1 Å². The first-order valence-electron chi connectivity index (χ1n) is 7.18. The zero-order valence-corrected chi connectivity index (χ0v) is 12.3. The van der Waals surface area contributed by atoms with E-state index in [1.807, 2.05) is 0 Å². The van der Waals surface area contributed by atoms with Crippen molar-refractivity contribution in [3.8, 4) is 0 Å². The summed E-state index contributed by atoms with van der Waals surface area (Å²) >= 11 is 0. The van der Waals surface area contributed by atoms with E-state index in [4.69, 9.17) is 5.11 Å². The fourth-order valence-electron chi connectivity index (χ4n) is 2.48. The number of nitrogens with zero attached hydrogens (tertiary/aromatic N) is 1. The van der Waals surface area contributed by atoms with E-state index in [9.17, 15) is 0 Å². The number of hydrogen-bond donors (Lipinski definition) is 2. The Hall–Kier alpha value is -1.06. The van der Waals surface area contributed by atoms with E-state index in [1.165, 1.54) is 24.1 Å². The average Bonchev–Trinajstić information content (AvgIpc) is 3.17. The van der Waals surface area contributed by atoms with Gasteiger partial charge in [-0.05, 0) is 49.3 Å². The Bertz CT molecular complexity index is 396. The summed E-state index contributed by atoms with van der Waals surface area (Å²) in [7, 11) is 4.12. The van der Waals surface area contributed by atoms with Crippen molar-refractivity contribution in [3.63, 3.8) is 0 Å². The predicted molar refractivity (Wildman–Crippen MR) is 80.6 cm³/mol. The molecule has 1 fully saturated rings. The molecule has 1 aliphatic carbocycles. The standard InChI is InChI=1S/C16H26N2O/c1-13(17-12-16(8-9-16)10-11-19)14-4-6-15(7-5-14)18(2)3/h4-7,13,17,19H,8-12H2,1-3H3. The maximum Gasteiger partial charge on any atom is 0.0436 e. The van der Waals surface area contributed by atoms with Gasteiger partial charge in [0.25, 0.3) is 0 Å². The molecule has 3 nitrogen and oxygen atoms in total. The van der Waals surface area contributed by atoms with Crippen LogP contribution in [0.25, 0.3) is 0 Å². The van der Waals surface area contributed by atoms with Crippen molar-refractivity contribution in [2.45, 2.75) is 32.2 Å². The van der Waals surface area contributed by atoms with Crippen LogP contribution in [0, 0.1) is 5.41 Å². The van der Waals surface area contributed by atoms with E-state index in [0.717, 1.165) is 13.0 Å². The molecular formula is C16H26N2O. The molecule has 1 atom stereocenters. The summed E-state index contributed by atoms with van der Waals surface area (Å²) in [6.45, 7) is 3.54. The Morgan fingerprint density at radius 2 is 1.89 bits per heavy atom. The number of benzene rings is 1. The van der Waals surface area contributed by atoms with Crippen LogP contribution in [0.4, 0.5) is 5.69 Å². The summed E-state index contributed by atoms with van der Waals surface area (Å²) < 4.78 is 0. The maximum atomic E-state index is 9.07. The van der Waals surface area contributed by atoms with E-state index in [1.54, 1.807) is 0 Å². The molecule has 3 heteroatoms. The van der Waals surface area contributed by atoms with Gasteiger partial charge in [0, 0.05) is 39.0 Å². The molecule has 1 aromatic rings. The Kier molecular flexibility index (Phi) is 4.48. The van der Waals surface area contributed by atoms with Crippen molar-refractivity contribution >= 4 is 5.69 Å². The van der Waals surface area contributed by atoms with Crippen molar-refractivity contribution in [2.24, 2.45) is 5.41 Å². The summed E-state index contributed by atoms with van der Waals surface area (Å²) in [4.78, 5) is 2.11. The summed E-state index contributed by atoms with van der Waals surface area (Å²) in [5.74, 6) is 0. The fraction of sp³-hybridized carbons (Fsp3) is 0.625. The van der Waals surface area contributed by atoms with Gasteiger partial charge in [0.1, 0.15) is 0 Å². The normalized spacial score (nSPS) is 18.1. The first-order valence-corrected chi connectivity index (χ1v) is 7.18. The molecule has 0 saturated heterocycles. The van der Waals surface area contributed by atoms with Crippen LogP contribution < -0.4 is 10.2 Å². The van der Waals surface area contributed by atoms with Crippen LogP contribution in [0.2, 0.25) is 0 Å². The summed E-state index contributed by atoms with van der Waals surface area (Å²) in [6.07, 6.45) is 3.45. The van der Waals surface area contributed by atoms with Gasteiger partial charge in [-0.25, -0.2) is 0 Å². The van der Waals surface area contributed by atoms with Crippen molar-refractivity contribution < 1.29 is 5.11 Å². The fourth-order valence-corrected chi connectivity index (χ4v) is 2.48. The Morgan fingerprint density at radius 3 is 2.37 bits per heavy atom. The lowest BCUT2D eigenvalue weighted by atomic mass is 10.0. The Labute approximate surface area is 116 Å². The van der Waals surface area contributed by atoms with Crippen LogP contribution in [0.1, 0.15) is 37.8 Å². The smallest absolute Gasteiger partial charge is 0.0436 e. The minimum atomic E-state index is 0.313. The molecule has 0 aliphatic heterocycles. The SMILES string of the molecule is CC(NCC1(CCO)CC1)c1ccc(N(C)C)cc1. The van der Waals surface area contributed by atoms with Crippen molar-refractivity contribution in [1.82, 2.24) is 5.32 Å². The average molecular weight is 262 g/mol. The Morgan fingerprint density at radius 1 is 1.26 bits per heavy atom. The van der Waals surface area contributed by atoms with E-state index in [-0.39, 0.29) is 0 Å². The number of nitrogens with one attached hydrogen (secondary N) is 1. The molecule has 1 aliphatic rings. The molecule has 1 unspecified atom stereocenters. The van der Waals surface area contributed by atoms with E-state index < -0.39 is 0 Å². The Balaban J connectivity index is 1.87. The summed E-state index contributed by atoms with van der Waals surface area (Å²) in [5.41, 5.74) is 2.94. The van der Waals surface area contributed by atoms with Gasteiger partial charge in [0.15, 0.2) is 0 Å². The first-order chi connectivity index (χ1) is 9.06. The molecule has 0 heterocycles. The highest BCUT2D eigenvalue weighted by Gasteiger charge is 2.41. The van der Waals surface area contributed by atoms with Gasteiger partial charge < -0.3 is 15.3 Å². The molecule has 0 spiro atoms.